The number of rotatable bonds is 7. The molecule has 180 valence electrons. The van der Waals surface area contributed by atoms with Gasteiger partial charge in [0.05, 0.1) is 20.4 Å². The Balaban J connectivity index is 1.33. The number of urea groups is 1. The molecule has 8 heteroatoms. The summed E-state index contributed by atoms with van der Waals surface area (Å²) in [5.41, 5.74) is 0. The lowest BCUT2D eigenvalue weighted by molar-refractivity contribution is 0.153. The molecule has 1 saturated carbocycles. The molecule has 2 fully saturated rings. The number of carbonyl (C=O) groups excluding carboxylic acids is 1. The predicted molar refractivity (Wildman–Crippen MR) is 130 cm³/mol. The van der Waals surface area contributed by atoms with Crippen LogP contribution >= 0.6 is 0 Å². The van der Waals surface area contributed by atoms with Crippen LogP contribution in [0.25, 0.3) is 10.8 Å². The molecular weight excluding hydrogens is 418 g/mol. The monoisotopic (exact) mass is 455 g/mol. The fraction of sp³-hybridized carbons (Fsp3) is 0.640. The van der Waals surface area contributed by atoms with Crippen LogP contribution in [-0.4, -0.2) is 80.0 Å². The number of carbonyl (C=O) groups is 1. The summed E-state index contributed by atoms with van der Waals surface area (Å²) in [6, 6.07) is 4.53. The lowest BCUT2D eigenvalue weighted by Crippen LogP contribution is -2.44. The number of hydrogen-bond donors (Lipinski definition) is 0. The van der Waals surface area contributed by atoms with E-state index in [1.165, 1.54) is 12.8 Å². The minimum Gasteiger partial charge on any atom is -0.493 e. The molecule has 1 aromatic carbocycles. The van der Waals surface area contributed by atoms with Crippen LogP contribution in [0.5, 0.6) is 11.5 Å². The topological polar surface area (TPSA) is 71.0 Å². The summed E-state index contributed by atoms with van der Waals surface area (Å²) < 4.78 is 10.9. The van der Waals surface area contributed by atoms with Gasteiger partial charge in [-0.15, -0.1) is 5.10 Å². The second-order valence-electron chi connectivity index (χ2n) is 9.44. The van der Waals surface area contributed by atoms with Gasteiger partial charge in [-0.3, -0.25) is 0 Å². The van der Waals surface area contributed by atoms with E-state index in [0.29, 0.717) is 23.5 Å². The van der Waals surface area contributed by atoms with Crippen LogP contribution in [0.15, 0.2) is 18.3 Å². The maximum absolute atomic E-state index is 12.8. The van der Waals surface area contributed by atoms with E-state index in [-0.39, 0.29) is 6.03 Å². The molecule has 0 N–H and O–H groups in total. The van der Waals surface area contributed by atoms with Crippen LogP contribution in [0.4, 0.5) is 10.6 Å². The first-order chi connectivity index (χ1) is 16.0. The van der Waals surface area contributed by atoms with Crippen molar-refractivity contribution in [3.63, 3.8) is 0 Å². The van der Waals surface area contributed by atoms with Crippen molar-refractivity contribution in [3.8, 4) is 11.5 Å². The van der Waals surface area contributed by atoms with Crippen molar-refractivity contribution in [2.75, 3.05) is 52.8 Å². The molecule has 0 bridgehead atoms. The van der Waals surface area contributed by atoms with Gasteiger partial charge in [-0.1, -0.05) is 12.8 Å². The van der Waals surface area contributed by atoms with Crippen molar-refractivity contribution < 1.29 is 14.3 Å². The first kappa shape index (κ1) is 23.4. The second-order valence-corrected chi connectivity index (χ2v) is 9.44. The first-order valence-electron chi connectivity index (χ1n) is 12.1. The number of fused-ring (bicyclic) bond motifs is 1. The van der Waals surface area contributed by atoms with Gasteiger partial charge in [0.25, 0.3) is 0 Å². The van der Waals surface area contributed by atoms with E-state index in [1.54, 1.807) is 20.4 Å². The van der Waals surface area contributed by atoms with Gasteiger partial charge < -0.3 is 24.2 Å². The van der Waals surface area contributed by atoms with E-state index in [0.717, 1.165) is 68.3 Å². The number of ether oxygens (including phenoxy) is 2. The summed E-state index contributed by atoms with van der Waals surface area (Å²) in [6.07, 6.45) is 9.76. The Bertz CT molecular complexity index is 954. The highest BCUT2D eigenvalue weighted by Crippen LogP contribution is 2.36. The Morgan fingerprint density at radius 3 is 2.39 bits per heavy atom. The van der Waals surface area contributed by atoms with Gasteiger partial charge in [0.15, 0.2) is 17.3 Å². The number of amides is 2. The summed E-state index contributed by atoms with van der Waals surface area (Å²) >= 11 is 0. The van der Waals surface area contributed by atoms with Crippen molar-refractivity contribution in [2.24, 2.45) is 5.92 Å². The summed E-state index contributed by atoms with van der Waals surface area (Å²) in [7, 11) is 7.19. The van der Waals surface area contributed by atoms with Gasteiger partial charge in [-0.05, 0) is 50.2 Å². The van der Waals surface area contributed by atoms with Crippen molar-refractivity contribution in [1.82, 2.24) is 20.0 Å². The van der Waals surface area contributed by atoms with Crippen LogP contribution in [-0.2, 0) is 0 Å². The average Bonchev–Trinajstić information content (AvgIpc) is 3.40. The zero-order valence-corrected chi connectivity index (χ0v) is 20.4. The highest BCUT2D eigenvalue weighted by molar-refractivity contribution is 5.94. The van der Waals surface area contributed by atoms with Crippen LogP contribution < -0.4 is 14.4 Å². The molecule has 2 heterocycles. The van der Waals surface area contributed by atoms with Gasteiger partial charge in [-0.25, -0.2) is 4.79 Å². The van der Waals surface area contributed by atoms with Crippen LogP contribution in [0.3, 0.4) is 0 Å². The SMILES string of the molecule is COc1cc2cnnc(N3CCC(CCN(C)C(=O)N(C)C4CCCC4)CC3)c2cc1OC. The third-order valence-corrected chi connectivity index (χ3v) is 7.43. The number of nitrogens with zero attached hydrogens (tertiary/aromatic N) is 5. The average molecular weight is 456 g/mol. The molecule has 1 aliphatic heterocycles. The highest BCUT2D eigenvalue weighted by Gasteiger charge is 2.27. The molecule has 33 heavy (non-hydrogen) atoms. The fourth-order valence-corrected chi connectivity index (χ4v) is 5.25. The molecule has 1 aromatic heterocycles. The molecule has 0 radical (unpaired) electrons. The molecule has 0 unspecified atom stereocenters. The summed E-state index contributed by atoms with van der Waals surface area (Å²) in [4.78, 5) is 19.0. The molecule has 2 aromatic rings. The third kappa shape index (κ3) is 5.09. The molecule has 0 atom stereocenters. The molecule has 2 aliphatic rings. The lowest BCUT2D eigenvalue weighted by atomic mass is 9.93. The minimum absolute atomic E-state index is 0.162. The van der Waals surface area contributed by atoms with Crippen molar-refractivity contribution >= 4 is 22.6 Å². The van der Waals surface area contributed by atoms with Gasteiger partial charge in [-0.2, -0.15) is 5.10 Å². The third-order valence-electron chi connectivity index (χ3n) is 7.43. The molecule has 4 rings (SSSR count). The van der Waals surface area contributed by atoms with Gasteiger partial charge in [0.2, 0.25) is 0 Å². The van der Waals surface area contributed by atoms with Crippen LogP contribution in [0, 0.1) is 5.92 Å². The van der Waals surface area contributed by atoms with E-state index in [4.69, 9.17) is 9.47 Å². The van der Waals surface area contributed by atoms with E-state index >= 15 is 0 Å². The normalized spacial score (nSPS) is 17.4. The second kappa shape index (κ2) is 10.4. The standard InChI is InChI=1S/C25H37N5O3/c1-28(25(31)29(2)20-7-5-6-8-20)12-9-18-10-13-30(14-11-18)24-21-16-23(33-4)22(32-3)15-19(21)17-26-27-24/h15-18,20H,5-14H2,1-4H3. The van der Waals surface area contributed by atoms with Crippen molar-refractivity contribution in [1.29, 1.82) is 0 Å². The maximum Gasteiger partial charge on any atom is 0.319 e. The van der Waals surface area contributed by atoms with E-state index in [1.807, 2.05) is 36.0 Å². The van der Waals surface area contributed by atoms with Gasteiger partial charge in [0, 0.05) is 50.5 Å². The van der Waals surface area contributed by atoms with Crippen LogP contribution in [0.1, 0.15) is 44.9 Å². The zero-order chi connectivity index (χ0) is 23.4. The van der Waals surface area contributed by atoms with E-state index < -0.39 is 0 Å². The summed E-state index contributed by atoms with van der Waals surface area (Å²) in [6.45, 7) is 2.69. The number of hydrogen-bond acceptors (Lipinski definition) is 6. The quantitative estimate of drug-likeness (QED) is 0.624. The predicted octanol–water partition coefficient (Wildman–Crippen LogP) is 4.18. The molecule has 2 amide bonds. The number of anilines is 1. The lowest BCUT2D eigenvalue weighted by Gasteiger charge is -2.34. The Hall–Kier alpha value is -2.77. The Kier molecular flexibility index (Phi) is 7.40. The number of methoxy groups -OCH3 is 2. The maximum atomic E-state index is 12.8. The smallest absolute Gasteiger partial charge is 0.319 e. The summed E-state index contributed by atoms with van der Waals surface area (Å²) in [5.74, 6) is 2.91. The van der Waals surface area contributed by atoms with E-state index in [2.05, 4.69) is 15.1 Å². The molecule has 1 saturated heterocycles. The van der Waals surface area contributed by atoms with Gasteiger partial charge >= 0.3 is 6.03 Å². The fourth-order valence-electron chi connectivity index (χ4n) is 5.25. The molecular formula is C25H37N5O3. The number of aromatic nitrogens is 2. The Labute approximate surface area is 196 Å². The largest absolute Gasteiger partial charge is 0.493 e. The highest BCUT2D eigenvalue weighted by atomic mass is 16.5. The number of piperidine rings is 1. The minimum atomic E-state index is 0.162. The Morgan fingerprint density at radius 2 is 1.73 bits per heavy atom. The Morgan fingerprint density at radius 1 is 1.06 bits per heavy atom. The van der Waals surface area contributed by atoms with Crippen molar-refractivity contribution in [2.45, 2.75) is 51.0 Å². The molecule has 8 nitrogen and oxygen atoms in total. The van der Waals surface area contributed by atoms with Crippen LogP contribution in [0.2, 0.25) is 0 Å². The summed E-state index contributed by atoms with van der Waals surface area (Å²) in [5, 5.41) is 10.7. The van der Waals surface area contributed by atoms with Gasteiger partial charge in [0.1, 0.15) is 0 Å². The molecule has 0 spiro atoms. The molecule has 1 aliphatic carbocycles. The van der Waals surface area contributed by atoms with Crippen molar-refractivity contribution in [3.05, 3.63) is 18.3 Å². The van der Waals surface area contributed by atoms with E-state index in [9.17, 15) is 4.79 Å². The number of benzene rings is 1. The zero-order valence-electron chi connectivity index (χ0n) is 20.4. The first-order valence-corrected chi connectivity index (χ1v) is 12.1.